The number of halogens is 2. The van der Waals surface area contributed by atoms with Crippen molar-refractivity contribution in [3.63, 3.8) is 0 Å². The molecule has 0 aromatic heterocycles. The summed E-state index contributed by atoms with van der Waals surface area (Å²) in [5.41, 5.74) is 10.3. The second kappa shape index (κ2) is 5.71. The van der Waals surface area contributed by atoms with Crippen molar-refractivity contribution in [2.45, 2.75) is 33.2 Å². The van der Waals surface area contributed by atoms with Gasteiger partial charge in [0.15, 0.2) is 0 Å². The normalized spacial score (nSPS) is 12.5. The van der Waals surface area contributed by atoms with E-state index < -0.39 is 17.7 Å². The summed E-state index contributed by atoms with van der Waals surface area (Å²) in [5.74, 6) is -1.11. The van der Waals surface area contributed by atoms with Gasteiger partial charge in [0.1, 0.15) is 11.6 Å². The number of hydrogen-bond acceptors (Lipinski definition) is 1. The van der Waals surface area contributed by atoms with Crippen LogP contribution in [-0.4, -0.2) is 0 Å². The Kier molecular flexibility index (Phi) is 4.19. The molecule has 0 spiro atoms. The van der Waals surface area contributed by atoms with Gasteiger partial charge in [0, 0.05) is 17.7 Å². The van der Waals surface area contributed by atoms with E-state index in [1.54, 1.807) is 6.92 Å². The monoisotopic (exact) mass is 275 g/mol. The summed E-state index contributed by atoms with van der Waals surface area (Å²) in [6, 6.07) is 8.06. The van der Waals surface area contributed by atoms with Crippen molar-refractivity contribution in [2.24, 2.45) is 5.73 Å². The molecule has 0 heterocycles. The number of benzene rings is 2. The number of nitrogens with two attached hydrogens (primary N) is 1. The summed E-state index contributed by atoms with van der Waals surface area (Å²) < 4.78 is 27.1. The molecule has 0 saturated heterocycles. The molecule has 2 aromatic carbocycles. The zero-order chi connectivity index (χ0) is 14.9. The van der Waals surface area contributed by atoms with Gasteiger partial charge in [-0.1, -0.05) is 23.8 Å². The van der Waals surface area contributed by atoms with E-state index in [4.69, 9.17) is 5.73 Å². The summed E-state index contributed by atoms with van der Waals surface area (Å²) in [6.45, 7) is 5.63. The Morgan fingerprint density at radius 3 is 2.35 bits per heavy atom. The second-order valence-electron chi connectivity index (χ2n) is 5.36. The topological polar surface area (TPSA) is 26.0 Å². The molecular weight excluding hydrogens is 256 g/mol. The zero-order valence-corrected chi connectivity index (χ0v) is 12.0. The van der Waals surface area contributed by atoms with Crippen molar-refractivity contribution in [2.75, 3.05) is 0 Å². The molecule has 1 unspecified atom stereocenters. The molecule has 0 aliphatic heterocycles. The van der Waals surface area contributed by atoms with Crippen LogP contribution in [-0.2, 0) is 6.42 Å². The van der Waals surface area contributed by atoms with Gasteiger partial charge in [-0.3, -0.25) is 0 Å². The fraction of sp³-hybridized carbons (Fsp3) is 0.294. The highest BCUT2D eigenvalue weighted by atomic mass is 19.1. The highest BCUT2D eigenvalue weighted by Crippen LogP contribution is 2.24. The first-order valence-electron chi connectivity index (χ1n) is 6.65. The Balaban J connectivity index is 2.30. The second-order valence-corrected chi connectivity index (χ2v) is 5.36. The molecule has 0 fully saturated rings. The summed E-state index contributed by atoms with van der Waals surface area (Å²) in [4.78, 5) is 0. The lowest BCUT2D eigenvalue weighted by Crippen LogP contribution is -2.16. The Morgan fingerprint density at radius 1 is 0.950 bits per heavy atom. The summed E-state index contributed by atoms with van der Waals surface area (Å²) >= 11 is 0. The Hall–Kier alpha value is -1.74. The third kappa shape index (κ3) is 3.05. The van der Waals surface area contributed by atoms with E-state index in [2.05, 4.69) is 6.07 Å². The Labute approximate surface area is 118 Å². The number of hydrogen-bond donors (Lipinski definition) is 1. The van der Waals surface area contributed by atoms with Gasteiger partial charge in [-0.25, -0.2) is 8.78 Å². The lowest BCUT2D eigenvalue weighted by atomic mass is 9.94. The fourth-order valence-electron chi connectivity index (χ4n) is 2.33. The van der Waals surface area contributed by atoms with Crippen molar-refractivity contribution in [3.8, 4) is 0 Å². The minimum Gasteiger partial charge on any atom is -0.324 e. The molecule has 0 radical (unpaired) electrons. The molecule has 0 bridgehead atoms. The number of rotatable bonds is 3. The first-order valence-corrected chi connectivity index (χ1v) is 6.65. The van der Waals surface area contributed by atoms with Crippen molar-refractivity contribution >= 4 is 0 Å². The van der Waals surface area contributed by atoms with Crippen molar-refractivity contribution in [1.82, 2.24) is 0 Å². The quantitative estimate of drug-likeness (QED) is 0.895. The minimum absolute atomic E-state index is 0.366. The average Bonchev–Trinajstić information content (AvgIpc) is 2.38. The number of aryl methyl sites for hydroxylation is 3. The van der Waals surface area contributed by atoms with Gasteiger partial charge in [0.05, 0.1) is 0 Å². The van der Waals surface area contributed by atoms with Gasteiger partial charge in [0.2, 0.25) is 0 Å². The first kappa shape index (κ1) is 14.7. The van der Waals surface area contributed by atoms with Crippen LogP contribution in [0.2, 0.25) is 0 Å². The van der Waals surface area contributed by atoms with Gasteiger partial charge < -0.3 is 5.73 Å². The van der Waals surface area contributed by atoms with Gasteiger partial charge in [-0.15, -0.1) is 0 Å². The lowest BCUT2D eigenvalue weighted by Gasteiger charge is -2.16. The first-order chi connectivity index (χ1) is 9.38. The maximum absolute atomic E-state index is 13.8. The predicted molar refractivity (Wildman–Crippen MR) is 77.6 cm³/mol. The molecule has 2 aromatic rings. The van der Waals surface area contributed by atoms with Crippen LogP contribution in [0.1, 0.15) is 33.9 Å². The fourth-order valence-corrected chi connectivity index (χ4v) is 2.33. The minimum atomic E-state index is -0.578. The van der Waals surface area contributed by atoms with Crippen LogP contribution in [0.3, 0.4) is 0 Å². The van der Waals surface area contributed by atoms with Gasteiger partial charge in [0.25, 0.3) is 0 Å². The van der Waals surface area contributed by atoms with Crippen LogP contribution < -0.4 is 5.73 Å². The molecule has 0 aliphatic rings. The average molecular weight is 275 g/mol. The molecule has 0 saturated carbocycles. The molecule has 0 aliphatic carbocycles. The highest BCUT2D eigenvalue weighted by molar-refractivity contribution is 5.34. The Bertz CT molecular complexity index is 635. The molecular formula is C17H19F2N. The molecule has 2 rings (SSSR count). The SMILES string of the molecule is Cc1ccc(C)c(CC(N)c2cc(C)c(F)cc2F)c1. The maximum Gasteiger partial charge on any atom is 0.130 e. The van der Waals surface area contributed by atoms with Crippen LogP contribution >= 0.6 is 0 Å². The Morgan fingerprint density at radius 2 is 1.65 bits per heavy atom. The van der Waals surface area contributed by atoms with Gasteiger partial charge in [-0.05, 0) is 49.9 Å². The van der Waals surface area contributed by atoms with Crippen LogP contribution in [0, 0.1) is 32.4 Å². The van der Waals surface area contributed by atoms with Gasteiger partial charge >= 0.3 is 0 Å². The van der Waals surface area contributed by atoms with Crippen molar-refractivity contribution in [3.05, 3.63) is 69.8 Å². The van der Waals surface area contributed by atoms with E-state index in [0.29, 0.717) is 17.5 Å². The maximum atomic E-state index is 13.8. The van der Waals surface area contributed by atoms with E-state index in [1.807, 2.05) is 26.0 Å². The van der Waals surface area contributed by atoms with Crippen LogP contribution in [0.4, 0.5) is 8.78 Å². The van der Waals surface area contributed by atoms with Crippen LogP contribution in [0.25, 0.3) is 0 Å². The summed E-state index contributed by atoms with van der Waals surface area (Å²) in [5, 5.41) is 0. The molecule has 1 atom stereocenters. The standard InChI is InChI=1S/C17H19F2N/c1-10-4-5-11(2)13(6-10)8-17(20)14-7-12(3)15(18)9-16(14)19/h4-7,9,17H,8,20H2,1-3H3. The smallest absolute Gasteiger partial charge is 0.130 e. The lowest BCUT2D eigenvalue weighted by molar-refractivity contribution is 0.549. The summed E-state index contributed by atoms with van der Waals surface area (Å²) in [7, 11) is 0. The van der Waals surface area contributed by atoms with Crippen LogP contribution in [0.5, 0.6) is 0 Å². The molecule has 2 N–H and O–H groups in total. The van der Waals surface area contributed by atoms with E-state index in [9.17, 15) is 8.78 Å². The third-order valence-corrected chi connectivity index (χ3v) is 3.62. The summed E-state index contributed by atoms with van der Waals surface area (Å²) in [6.07, 6.45) is 0.537. The molecule has 106 valence electrons. The molecule has 3 heteroatoms. The molecule has 0 amide bonds. The van der Waals surface area contributed by atoms with Crippen molar-refractivity contribution in [1.29, 1.82) is 0 Å². The zero-order valence-electron chi connectivity index (χ0n) is 12.0. The molecule has 20 heavy (non-hydrogen) atoms. The third-order valence-electron chi connectivity index (χ3n) is 3.62. The van der Waals surface area contributed by atoms with Crippen molar-refractivity contribution < 1.29 is 8.78 Å². The largest absolute Gasteiger partial charge is 0.324 e. The highest BCUT2D eigenvalue weighted by Gasteiger charge is 2.15. The van der Waals surface area contributed by atoms with E-state index in [-0.39, 0.29) is 0 Å². The van der Waals surface area contributed by atoms with E-state index in [0.717, 1.165) is 22.8 Å². The van der Waals surface area contributed by atoms with Gasteiger partial charge in [-0.2, -0.15) is 0 Å². The van der Waals surface area contributed by atoms with E-state index >= 15 is 0 Å². The predicted octanol–water partition coefficient (Wildman–Crippen LogP) is 4.13. The van der Waals surface area contributed by atoms with E-state index in [1.165, 1.54) is 6.07 Å². The van der Waals surface area contributed by atoms with Crippen LogP contribution in [0.15, 0.2) is 30.3 Å². The molecule has 1 nitrogen and oxygen atoms in total.